The molecule has 0 amide bonds. The molecule has 0 radical (unpaired) electrons. The predicted octanol–water partition coefficient (Wildman–Crippen LogP) is 11.9. The van der Waals surface area contributed by atoms with Crippen LogP contribution in [0.25, 0.3) is 78.2 Å². The van der Waals surface area contributed by atoms with E-state index in [2.05, 4.69) is 0 Å². The van der Waals surface area contributed by atoms with Gasteiger partial charge < -0.3 is 0 Å². The fourth-order valence-corrected chi connectivity index (χ4v) is 6.10. The standard InChI is InChI=1S/C42H24F6N4/c43-41(44,45)31-17-11-27(12-18-31)39-38(26-9-5-2-6-10-26)51-35-23-29(16-22-34(35)50-39)30-15-21-33-36(24-30)52-40(37(49-33)25-7-3-1-4-8-25)28-13-19-32(20-14-28)42(46,47)48/h1-24H. The molecule has 254 valence electrons. The summed E-state index contributed by atoms with van der Waals surface area (Å²) in [4.78, 5) is 19.7. The predicted molar refractivity (Wildman–Crippen MR) is 190 cm³/mol. The number of nitrogens with zero attached hydrogens (tertiary/aromatic N) is 4. The summed E-state index contributed by atoms with van der Waals surface area (Å²) in [6.07, 6.45) is -8.94. The first-order chi connectivity index (χ1) is 25.0. The van der Waals surface area contributed by atoms with Crippen LogP contribution in [0.4, 0.5) is 26.3 Å². The van der Waals surface area contributed by atoms with E-state index >= 15 is 0 Å². The fourth-order valence-electron chi connectivity index (χ4n) is 6.10. The number of benzene rings is 6. The summed E-state index contributed by atoms with van der Waals surface area (Å²) in [6.45, 7) is 0. The summed E-state index contributed by atoms with van der Waals surface area (Å²) in [5, 5.41) is 0. The molecule has 0 atom stereocenters. The molecule has 0 N–H and O–H groups in total. The SMILES string of the molecule is FC(F)(F)c1ccc(-c2nc3ccc(-c4ccc5nc(-c6ccccc6)c(-c6ccc(C(F)(F)F)cc6)nc5c4)cc3nc2-c2ccccc2)cc1. The molecule has 52 heavy (non-hydrogen) atoms. The van der Waals surface area contributed by atoms with Gasteiger partial charge in [-0.2, -0.15) is 26.3 Å². The van der Waals surface area contributed by atoms with Gasteiger partial charge in [0.15, 0.2) is 0 Å². The Morgan fingerprint density at radius 1 is 0.288 bits per heavy atom. The van der Waals surface area contributed by atoms with Crippen LogP contribution in [0.15, 0.2) is 146 Å². The minimum absolute atomic E-state index is 0.442. The van der Waals surface area contributed by atoms with Crippen LogP contribution in [-0.4, -0.2) is 19.9 Å². The third kappa shape index (κ3) is 6.35. The Morgan fingerprint density at radius 3 is 0.904 bits per heavy atom. The van der Waals surface area contributed by atoms with Gasteiger partial charge in [-0.15, -0.1) is 0 Å². The Morgan fingerprint density at radius 2 is 0.577 bits per heavy atom. The van der Waals surface area contributed by atoms with E-state index in [1.165, 1.54) is 24.3 Å². The van der Waals surface area contributed by atoms with Gasteiger partial charge in [-0.3, -0.25) is 0 Å². The molecule has 0 aliphatic rings. The zero-order chi connectivity index (χ0) is 36.0. The summed E-state index contributed by atoms with van der Waals surface area (Å²) in [5.41, 5.74) is 6.82. The lowest BCUT2D eigenvalue weighted by molar-refractivity contribution is -0.138. The largest absolute Gasteiger partial charge is 0.416 e. The lowest BCUT2D eigenvalue weighted by Gasteiger charge is -2.14. The molecule has 8 aromatic rings. The molecule has 0 aliphatic carbocycles. The number of fused-ring (bicyclic) bond motifs is 2. The monoisotopic (exact) mass is 698 g/mol. The van der Waals surface area contributed by atoms with E-state index in [9.17, 15) is 26.3 Å². The number of hydrogen-bond donors (Lipinski definition) is 0. The molecule has 2 aromatic heterocycles. The quantitative estimate of drug-likeness (QED) is 0.168. The molecule has 0 saturated heterocycles. The molecular weight excluding hydrogens is 674 g/mol. The van der Waals surface area contributed by atoms with Crippen molar-refractivity contribution < 1.29 is 26.3 Å². The van der Waals surface area contributed by atoms with Crippen molar-refractivity contribution in [3.63, 3.8) is 0 Å². The minimum atomic E-state index is -4.47. The molecule has 0 saturated carbocycles. The van der Waals surface area contributed by atoms with Gasteiger partial charge in [0, 0.05) is 22.3 Å². The highest BCUT2D eigenvalue weighted by Gasteiger charge is 2.31. The lowest BCUT2D eigenvalue weighted by atomic mass is 10.00. The Kier molecular flexibility index (Phi) is 8.02. The first-order valence-corrected chi connectivity index (χ1v) is 16.1. The highest BCUT2D eigenvalue weighted by Crippen LogP contribution is 2.37. The molecule has 0 aliphatic heterocycles. The first-order valence-electron chi connectivity index (χ1n) is 16.1. The van der Waals surface area contributed by atoms with Crippen molar-refractivity contribution in [2.24, 2.45) is 0 Å². The maximum Gasteiger partial charge on any atom is 0.416 e. The number of rotatable bonds is 5. The average molecular weight is 699 g/mol. The van der Waals surface area contributed by atoms with Gasteiger partial charge in [0.1, 0.15) is 0 Å². The third-order valence-electron chi connectivity index (χ3n) is 8.73. The zero-order valence-electron chi connectivity index (χ0n) is 26.9. The molecule has 0 bridgehead atoms. The Labute approximate surface area is 293 Å². The minimum Gasteiger partial charge on any atom is -0.244 e. The second kappa shape index (κ2) is 12.7. The van der Waals surface area contributed by atoms with Crippen LogP contribution in [0.1, 0.15) is 11.1 Å². The first kappa shape index (κ1) is 32.8. The van der Waals surface area contributed by atoms with Crippen molar-refractivity contribution in [3.8, 4) is 56.2 Å². The Balaban J connectivity index is 1.24. The van der Waals surface area contributed by atoms with E-state index in [0.717, 1.165) is 46.5 Å². The van der Waals surface area contributed by atoms with Crippen molar-refractivity contribution in [1.82, 2.24) is 19.9 Å². The highest BCUT2D eigenvalue weighted by atomic mass is 19.4. The smallest absolute Gasteiger partial charge is 0.244 e. The average Bonchev–Trinajstić information content (AvgIpc) is 3.16. The van der Waals surface area contributed by atoms with Gasteiger partial charge in [0.25, 0.3) is 0 Å². The molecule has 4 nitrogen and oxygen atoms in total. The van der Waals surface area contributed by atoms with Crippen LogP contribution in [0.2, 0.25) is 0 Å². The van der Waals surface area contributed by atoms with Crippen LogP contribution in [-0.2, 0) is 12.4 Å². The van der Waals surface area contributed by atoms with Gasteiger partial charge in [0.2, 0.25) is 0 Å². The van der Waals surface area contributed by atoms with E-state index in [1.54, 1.807) is 0 Å². The number of alkyl halides is 6. The number of aromatic nitrogens is 4. The van der Waals surface area contributed by atoms with Crippen molar-refractivity contribution in [2.75, 3.05) is 0 Å². The zero-order valence-corrected chi connectivity index (χ0v) is 26.9. The molecule has 0 unspecified atom stereocenters. The molecule has 0 fully saturated rings. The molecule has 10 heteroatoms. The third-order valence-corrected chi connectivity index (χ3v) is 8.73. The summed E-state index contributed by atoms with van der Waals surface area (Å²) in [7, 11) is 0. The molecule has 0 spiro atoms. The van der Waals surface area contributed by atoms with Crippen LogP contribution >= 0.6 is 0 Å². The Hall–Kier alpha value is -6.42. The van der Waals surface area contributed by atoms with Gasteiger partial charge in [-0.1, -0.05) is 97.1 Å². The normalized spacial score (nSPS) is 12.0. The van der Waals surface area contributed by atoms with Crippen molar-refractivity contribution in [2.45, 2.75) is 12.4 Å². The van der Waals surface area contributed by atoms with E-state index in [0.29, 0.717) is 56.0 Å². The van der Waals surface area contributed by atoms with Crippen LogP contribution in [0.5, 0.6) is 0 Å². The van der Waals surface area contributed by atoms with E-state index < -0.39 is 23.5 Å². The molecule has 2 heterocycles. The Bertz CT molecular complexity index is 2570. The molecule has 6 aromatic carbocycles. The summed E-state index contributed by atoms with van der Waals surface area (Å²) in [6, 6.07) is 39.6. The second-order valence-electron chi connectivity index (χ2n) is 12.1. The van der Waals surface area contributed by atoms with Gasteiger partial charge in [0.05, 0.1) is 56.0 Å². The summed E-state index contributed by atoms with van der Waals surface area (Å²) >= 11 is 0. The van der Waals surface area contributed by atoms with E-state index in [-0.39, 0.29) is 0 Å². The van der Waals surface area contributed by atoms with Crippen molar-refractivity contribution in [3.05, 3.63) is 157 Å². The van der Waals surface area contributed by atoms with Crippen LogP contribution < -0.4 is 0 Å². The van der Waals surface area contributed by atoms with Crippen molar-refractivity contribution >= 4 is 22.1 Å². The van der Waals surface area contributed by atoms with Gasteiger partial charge in [-0.05, 0) is 59.7 Å². The maximum absolute atomic E-state index is 13.4. The topological polar surface area (TPSA) is 51.6 Å². The molecule has 8 rings (SSSR count). The van der Waals surface area contributed by atoms with Gasteiger partial charge >= 0.3 is 12.4 Å². The second-order valence-corrected chi connectivity index (χ2v) is 12.1. The van der Waals surface area contributed by atoms with Crippen LogP contribution in [0.3, 0.4) is 0 Å². The van der Waals surface area contributed by atoms with Crippen LogP contribution in [0, 0.1) is 0 Å². The summed E-state index contributed by atoms with van der Waals surface area (Å²) in [5.74, 6) is 0. The highest BCUT2D eigenvalue weighted by molar-refractivity contribution is 5.92. The fraction of sp³-hybridized carbons (Fsp3) is 0.0476. The lowest BCUT2D eigenvalue weighted by Crippen LogP contribution is -2.04. The summed E-state index contributed by atoms with van der Waals surface area (Å²) < 4.78 is 80.0. The van der Waals surface area contributed by atoms with Gasteiger partial charge in [-0.25, -0.2) is 19.9 Å². The van der Waals surface area contributed by atoms with E-state index in [4.69, 9.17) is 19.9 Å². The number of halogens is 6. The number of hydrogen-bond acceptors (Lipinski definition) is 4. The van der Waals surface area contributed by atoms with E-state index in [1.807, 2.05) is 97.1 Å². The molecular formula is C42H24F6N4. The van der Waals surface area contributed by atoms with Crippen molar-refractivity contribution in [1.29, 1.82) is 0 Å². The maximum atomic E-state index is 13.4.